The van der Waals surface area contributed by atoms with Crippen molar-refractivity contribution in [2.24, 2.45) is 11.7 Å². The molecule has 124 valence electrons. The van der Waals surface area contributed by atoms with E-state index in [4.69, 9.17) is 5.73 Å². The van der Waals surface area contributed by atoms with Crippen molar-refractivity contribution in [2.75, 3.05) is 18.4 Å². The van der Waals surface area contributed by atoms with Crippen LogP contribution in [0.15, 0.2) is 12.3 Å². The molecule has 0 fully saturated rings. The Balaban J connectivity index is 1.60. The Hall–Kier alpha value is -1.86. The highest BCUT2D eigenvalue weighted by Crippen LogP contribution is 2.27. The number of thiophene rings is 1. The van der Waals surface area contributed by atoms with Gasteiger partial charge in [0.25, 0.3) is 5.91 Å². The first-order chi connectivity index (χ1) is 11.0. The van der Waals surface area contributed by atoms with Gasteiger partial charge in [-0.3, -0.25) is 4.79 Å². The highest BCUT2D eigenvalue weighted by molar-refractivity contribution is 7.12. The van der Waals surface area contributed by atoms with E-state index in [9.17, 15) is 4.79 Å². The third kappa shape index (κ3) is 3.25. The number of nitrogens with two attached hydrogens (primary N) is 1. The monoisotopic (exact) mass is 333 g/mol. The summed E-state index contributed by atoms with van der Waals surface area (Å²) in [7, 11) is 0. The number of rotatable bonds is 5. The molecule has 1 aliphatic heterocycles. The van der Waals surface area contributed by atoms with Crippen LogP contribution < -0.4 is 16.4 Å². The van der Waals surface area contributed by atoms with Gasteiger partial charge in [0.15, 0.2) is 0 Å². The van der Waals surface area contributed by atoms with Crippen LogP contribution in [0.1, 0.15) is 38.6 Å². The van der Waals surface area contributed by atoms with Gasteiger partial charge < -0.3 is 16.4 Å². The van der Waals surface area contributed by atoms with Gasteiger partial charge in [0, 0.05) is 41.3 Å². The Morgan fingerprint density at radius 1 is 1.61 bits per heavy atom. The van der Waals surface area contributed by atoms with Gasteiger partial charge >= 0.3 is 0 Å². The molecule has 3 heterocycles. The molecule has 2 aromatic heterocycles. The minimum atomic E-state index is -0.438. The number of amides is 1. The smallest absolute Gasteiger partial charge is 0.254 e. The Morgan fingerprint density at radius 2 is 2.39 bits per heavy atom. The molecule has 1 amide bonds. The van der Waals surface area contributed by atoms with Crippen LogP contribution in [-0.2, 0) is 6.54 Å². The highest BCUT2D eigenvalue weighted by atomic mass is 32.1. The minimum absolute atomic E-state index is 0.333. The molecule has 0 radical (unpaired) electrons. The number of fused-ring (bicyclic) bond motifs is 1. The second kappa shape index (κ2) is 6.33. The third-order valence-electron chi connectivity index (χ3n) is 4.35. The molecule has 0 bridgehead atoms. The van der Waals surface area contributed by atoms with E-state index >= 15 is 0 Å². The maximum atomic E-state index is 11.3. The van der Waals surface area contributed by atoms with Crippen molar-refractivity contribution < 1.29 is 4.79 Å². The third-order valence-corrected chi connectivity index (χ3v) is 5.33. The van der Waals surface area contributed by atoms with Crippen LogP contribution in [-0.4, -0.2) is 28.8 Å². The number of nitrogens with zero attached hydrogens (tertiary/aromatic N) is 2. The van der Waals surface area contributed by atoms with Crippen LogP contribution in [0.25, 0.3) is 0 Å². The first-order valence-electron chi connectivity index (χ1n) is 7.85. The van der Waals surface area contributed by atoms with Crippen LogP contribution in [0.3, 0.4) is 0 Å². The molecule has 4 N–H and O–H groups in total. The Kier molecular flexibility index (Phi) is 4.41. The topological polar surface area (TPSA) is 85.0 Å². The van der Waals surface area contributed by atoms with E-state index in [1.807, 2.05) is 16.0 Å². The molecule has 23 heavy (non-hydrogen) atoms. The average Bonchev–Trinajstić information content (AvgIpc) is 3.07. The number of nitrogens with one attached hydrogen (secondary N) is 2. The number of aryl methyl sites for hydroxylation is 2. The molecule has 0 aliphatic carbocycles. The second-order valence-electron chi connectivity index (χ2n) is 6.20. The molecule has 0 saturated heterocycles. The van der Waals surface area contributed by atoms with E-state index in [1.54, 1.807) is 6.20 Å². The van der Waals surface area contributed by atoms with Gasteiger partial charge in [-0.2, -0.15) is 5.10 Å². The molecule has 0 aromatic carbocycles. The second-order valence-corrected chi connectivity index (χ2v) is 7.66. The zero-order valence-electron chi connectivity index (χ0n) is 13.7. The van der Waals surface area contributed by atoms with E-state index < -0.39 is 5.91 Å². The first-order valence-corrected chi connectivity index (χ1v) is 8.67. The summed E-state index contributed by atoms with van der Waals surface area (Å²) in [6, 6.07) is 2.60. The summed E-state index contributed by atoms with van der Waals surface area (Å²) in [5.74, 6) is 0.726. The van der Waals surface area contributed by atoms with Crippen molar-refractivity contribution in [3.63, 3.8) is 0 Å². The molecule has 0 spiro atoms. The van der Waals surface area contributed by atoms with Crippen LogP contribution in [0.4, 0.5) is 5.82 Å². The lowest BCUT2D eigenvalue weighted by Crippen LogP contribution is -2.36. The fraction of sp³-hybridized carbons (Fsp3) is 0.500. The number of hydrogen-bond acceptors (Lipinski definition) is 5. The molecule has 2 atom stereocenters. The van der Waals surface area contributed by atoms with Crippen LogP contribution >= 0.6 is 11.3 Å². The summed E-state index contributed by atoms with van der Waals surface area (Å²) in [5, 5.41) is 11.2. The first kappa shape index (κ1) is 16.0. The predicted octanol–water partition coefficient (Wildman–Crippen LogP) is 2.05. The van der Waals surface area contributed by atoms with Gasteiger partial charge in [0.05, 0.1) is 6.20 Å². The SMILES string of the molecule is Cc1cc([C@@H](C)NC[C@@H]2CNc3c(C(N)=O)cnn3C2)c(C)s1. The van der Waals surface area contributed by atoms with Crippen molar-refractivity contribution in [3.05, 3.63) is 33.1 Å². The number of anilines is 1. The van der Waals surface area contributed by atoms with Crippen molar-refractivity contribution >= 4 is 23.1 Å². The van der Waals surface area contributed by atoms with Gasteiger partial charge in [-0.05, 0) is 32.4 Å². The van der Waals surface area contributed by atoms with Crippen LogP contribution in [0.2, 0.25) is 0 Å². The molecule has 6 nitrogen and oxygen atoms in total. The zero-order chi connectivity index (χ0) is 16.6. The largest absolute Gasteiger partial charge is 0.369 e. The van der Waals surface area contributed by atoms with Gasteiger partial charge in [-0.25, -0.2) is 4.68 Å². The maximum absolute atomic E-state index is 11.3. The Morgan fingerprint density at radius 3 is 3.04 bits per heavy atom. The van der Waals surface area contributed by atoms with E-state index in [1.165, 1.54) is 15.3 Å². The summed E-state index contributed by atoms with van der Waals surface area (Å²) in [4.78, 5) is 14.1. The number of carbonyl (C=O) groups excluding carboxylic acids is 1. The van der Waals surface area contributed by atoms with Crippen molar-refractivity contribution in [1.29, 1.82) is 0 Å². The molecular formula is C16H23N5OS. The number of carbonyl (C=O) groups is 1. The standard InChI is InChI=1S/C16H23N5OS/c1-9-4-13(11(3)23-9)10(2)18-5-12-6-19-16-14(15(17)22)7-20-21(16)8-12/h4,7,10,12,18-19H,5-6,8H2,1-3H3,(H2,17,22)/t10-,12-/m1/s1. The minimum Gasteiger partial charge on any atom is -0.369 e. The van der Waals surface area contributed by atoms with Crippen LogP contribution in [0.5, 0.6) is 0 Å². The van der Waals surface area contributed by atoms with E-state index in [0.717, 1.165) is 25.5 Å². The van der Waals surface area contributed by atoms with Crippen molar-refractivity contribution in [2.45, 2.75) is 33.4 Å². The Labute approximate surface area is 140 Å². The average molecular weight is 333 g/mol. The van der Waals surface area contributed by atoms with E-state index in [0.29, 0.717) is 17.5 Å². The summed E-state index contributed by atoms with van der Waals surface area (Å²) >= 11 is 1.84. The van der Waals surface area contributed by atoms with Gasteiger partial charge in [-0.1, -0.05) is 0 Å². The summed E-state index contributed by atoms with van der Waals surface area (Å²) in [6.07, 6.45) is 1.54. The molecule has 2 aromatic rings. The summed E-state index contributed by atoms with van der Waals surface area (Å²) < 4.78 is 1.83. The predicted molar refractivity (Wildman–Crippen MR) is 92.9 cm³/mol. The van der Waals surface area contributed by atoms with Crippen molar-refractivity contribution in [3.8, 4) is 0 Å². The number of hydrogen-bond donors (Lipinski definition) is 3. The normalized spacial score (nSPS) is 18.3. The fourth-order valence-electron chi connectivity index (χ4n) is 3.11. The lowest BCUT2D eigenvalue weighted by molar-refractivity contribution is 0.100. The van der Waals surface area contributed by atoms with Gasteiger partial charge in [0.1, 0.15) is 11.4 Å². The lowest BCUT2D eigenvalue weighted by Gasteiger charge is -2.27. The highest BCUT2D eigenvalue weighted by Gasteiger charge is 2.24. The Bertz CT molecular complexity index is 720. The zero-order valence-corrected chi connectivity index (χ0v) is 14.5. The maximum Gasteiger partial charge on any atom is 0.254 e. The molecule has 1 aliphatic rings. The fourth-order valence-corrected chi connectivity index (χ4v) is 4.13. The van der Waals surface area contributed by atoms with Crippen LogP contribution in [0, 0.1) is 19.8 Å². The molecule has 7 heteroatoms. The van der Waals surface area contributed by atoms with Gasteiger partial charge in [-0.15, -0.1) is 11.3 Å². The molecular weight excluding hydrogens is 310 g/mol. The van der Waals surface area contributed by atoms with E-state index in [-0.39, 0.29) is 0 Å². The van der Waals surface area contributed by atoms with Crippen molar-refractivity contribution in [1.82, 2.24) is 15.1 Å². The molecule has 3 rings (SSSR count). The quantitative estimate of drug-likeness (QED) is 0.782. The van der Waals surface area contributed by atoms with Gasteiger partial charge in [0.2, 0.25) is 0 Å². The number of primary amides is 1. The summed E-state index contributed by atoms with van der Waals surface area (Å²) in [6.45, 7) is 9.02. The number of aromatic nitrogens is 2. The summed E-state index contributed by atoms with van der Waals surface area (Å²) in [5.41, 5.74) is 7.20. The lowest BCUT2D eigenvalue weighted by atomic mass is 10.1. The molecule has 0 unspecified atom stereocenters. The van der Waals surface area contributed by atoms with E-state index in [2.05, 4.69) is 42.6 Å². The molecule has 0 saturated carbocycles.